The summed E-state index contributed by atoms with van der Waals surface area (Å²) in [6, 6.07) is 0.218. The highest BCUT2D eigenvalue weighted by Gasteiger charge is 2.82. The van der Waals surface area contributed by atoms with Crippen LogP contribution in [-0.4, -0.2) is 43.0 Å². The Labute approximate surface area is 152 Å². The van der Waals surface area contributed by atoms with Gasteiger partial charge in [0.1, 0.15) is 10.6 Å². The number of carbonyl (C=O) groups excluding carboxylic acids is 1. The monoisotopic (exact) mass is 443 g/mol. The third kappa shape index (κ3) is 3.73. The maximum absolute atomic E-state index is 13.7. The van der Waals surface area contributed by atoms with Crippen LogP contribution in [0.3, 0.4) is 0 Å². The van der Waals surface area contributed by atoms with E-state index in [9.17, 15) is 52.7 Å². The Morgan fingerprint density at radius 1 is 1.00 bits per heavy atom. The summed E-state index contributed by atoms with van der Waals surface area (Å²) in [5.41, 5.74) is -2.94. The summed E-state index contributed by atoms with van der Waals surface area (Å²) < 4.78 is 139. The molecule has 1 heterocycles. The summed E-state index contributed by atoms with van der Waals surface area (Å²) in [5, 5.41) is 0. The first-order chi connectivity index (χ1) is 12.3. The molecule has 14 heteroatoms. The first-order valence-corrected chi connectivity index (χ1v) is 8.63. The lowest BCUT2D eigenvalue weighted by Crippen LogP contribution is -2.59. The van der Waals surface area contributed by atoms with Gasteiger partial charge in [-0.2, -0.15) is 39.5 Å². The molecule has 4 nitrogen and oxygen atoms in total. The largest absolute Gasteiger partial charge is 0.460 e. The average molecular weight is 443 g/mol. The van der Waals surface area contributed by atoms with Crippen molar-refractivity contribution in [2.75, 3.05) is 5.75 Å². The molecule has 0 radical (unpaired) electrons. The van der Waals surface area contributed by atoms with Crippen LogP contribution in [0.4, 0.5) is 39.5 Å². The molecular formula is C14H10F9NO3S. The van der Waals surface area contributed by atoms with Gasteiger partial charge in [-0.1, -0.05) is 13.5 Å². The fourth-order valence-corrected chi connectivity index (χ4v) is 2.46. The van der Waals surface area contributed by atoms with Crippen molar-refractivity contribution < 1.29 is 52.7 Å². The minimum Gasteiger partial charge on any atom is -0.286 e. The highest BCUT2D eigenvalue weighted by molar-refractivity contribution is 7.96. The molecule has 28 heavy (non-hydrogen) atoms. The average Bonchev–Trinajstić information content (AvgIpc) is 2.59. The van der Waals surface area contributed by atoms with Gasteiger partial charge in [0.05, 0.1) is 5.75 Å². The highest BCUT2D eigenvalue weighted by Crippen LogP contribution is 2.56. The van der Waals surface area contributed by atoms with Crippen molar-refractivity contribution in [2.45, 2.75) is 30.9 Å². The van der Waals surface area contributed by atoms with Crippen LogP contribution >= 0.6 is 0 Å². The summed E-state index contributed by atoms with van der Waals surface area (Å²) in [5.74, 6) is -22.0. The molecule has 0 N–H and O–H groups in total. The van der Waals surface area contributed by atoms with Gasteiger partial charge in [-0.15, -0.1) is 0 Å². The molecule has 0 aromatic carbocycles. The number of nitrogens with zero attached hydrogens (tertiary/aromatic N) is 1. The molecule has 1 aromatic rings. The minimum absolute atomic E-state index is 0.0492. The Bertz CT molecular complexity index is 874. The Hall–Kier alpha value is -2.12. The quantitative estimate of drug-likeness (QED) is 0.361. The van der Waals surface area contributed by atoms with Crippen LogP contribution in [-0.2, 0) is 15.8 Å². The molecule has 0 atom stereocenters. The number of halogens is 9. The lowest BCUT2D eigenvalue weighted by atomic mass is 9.97. The number of Topliss-reactive ketones (excluding diaryl/α,β-unsaturated/α-hetero) is 1. The maximum Gasteiger partial charge on any atom is 0.460 e. The molecule has 0 fully saturated rings. The van der Waals surface area contributed by atoms with E-state index in [-0.39, 0.29) is 18.3 Å². The van der Waals surface area contributed by atoms with E-state index in [0.29, 0.717) is 0 Å². The number of sulfone groups is 1. The summed E-state index contributed by atoms with van der Waals surface area (Å²) in [7, 11) is -4.12. The summed E-state index contributed by atoms with van der Waals surface area (Å²) in [6.45, 7) is 4.12. The standard InChI is InChI=1S/C14H10F9NO3S/c1-3-28(26,27)7(2)10(25)9-5-4-8(6-24-9)11(15,16)12(17,18)13(19,20)14(21,22)23/h4-6H,2-3H2,1H3. The van der Waals surface area contributed by atoms with Crippen LogP contribution in [0.5, 0.6) is 0 Å². The molecule has 0 unspecified atom stereocenters. The molecule has 0 amide bonds. The van der Waals surface area contributed by atoms with Crippen molar-refractivity contribution in [1.82, 2.24) is 4.98 Å². The van der Waals surface area contributed by atoms with E-state index in [1.165, 1.54) is 0 Å². The van der Waals surface area contributed by atoms with Gasteiger partial charge in [-0.3, -0.25) is 9.78 Å². The molecule has 1 aromatic heterocycles. The number of carbonyl (C=O) groups is 1. The Morgan fingerprint density at radius 2 is 1.50 bits per heavy atom. The van der Waals surface area contributed by atoms with Crippen LogP contribution in [0, 0.1) is 0 Å². The van der Waals surface area contributed by atoms with Gasteiger partial charge >= 0.3 is 23.9 Å². The van der Waals surface area contributed by atoms with E-state index in [4.69, 9.17) is 0 Å². The molecule has 0 aliphatic heterocycles. The normalized spacial score (nSPS) is 14.1. The second-order valence-electron chi connectivity index (χ2n) is 5.31. The Morgan fingerprint density at radius 3 is 1.86 bits per heavy atom. The van der Waals surface area contributed by atoms with E-state index in [1.807, 2.05) is 0 Å². The van der Waals surface area contributed by atoms with E-state index >= 15 is 0 Å². The number of alkyl halides is 9. The number of hydrogen-bond acceptors (Lipinski definition) is 4. The molecule has 158 valence electrons. The topological polar surface area (TPSA) is 64.1 Å². The second-order valence-corrected chi connectivity index (χ2v) is 7.61. The molecule has 0 aliphatic rings. The minimum atomic E-state index is -7.08. The zero-order valence-corrected chi connectivity index (χ0v) is 14.4. The van der Waals surface area contributed by atoms with Crippen molar-refractivity contribution in [3.05, 3.63) is 41.1 Å². The van der Waals surface area contributed by atoms with Gasteiger partial charge in [-0.25, -0.2) is 8.42 Å². The van der Waals surface area contributed by atoms with E-state index in [0.717, 1.165) is 6.92 Å². The van der Waals surface area contributed by atoms with Crippen molar-refractivity contribution in [3.8, 4) is 0 Å². The van der Waals surface area contributed by atoms with Gasteiger partial charge in [0.25, 0.3) is 0 Å². The van der Waals surface area contributed by atoms with Gasteiger partial charge < -0.3 is 0 Å². The van der Waals surface area contributed by atoms with Crippen molar-refractivity contribution >= 4 is 15.6 Å². The summed E-state index contributed by atoms with van der Waals surface area (Å²) >= 11 is 0. The van der Waals surface area contributed by atoms with Gasteiger partial charge in [0.2, 0.25) is 5.78 Å². The van der Waals surface area contributed by atoms with Crippen LogP contribution in [0.25, 0.3) is 0 Å². The molecule has 0 saturated carbocycles. The number of aromatic nitrogens is 1. The Balaban J connectivity index is 3.33. The fraction of sp³-hybridized carbons (Fsp3) is 0.429. The molecule has 0 spiro atoms. The van der Waals surface area contributed by atoms with E-state index < -0.39 is 61.5 Å². The number of ketones is 1. The van der Waals surface area contributed by atoms with Crippen LogP contribution in [0.2, 0.25) is 0 Å². The van der Waals surface area contributed by atoms with Crippen molar-refractivity contribution in [2.24, 2.45) is 0 Å². The molecule has 0 bridgehead atoms. The van der Waals surface area contributed by atoms with Crippen LogP contribution in [0.15, 0.2) is 29.8 Å². The van der Waals surface area contributed by atoms with Gasteiger partial charge in [0.15, 0.2) is 9.84 Å². The number of pyridine rings is 1. The fourth-order valence-electron chi connectivity index (χ4n) is 1.73. The molecular weight excluding hydrogens is 433 g/mol. The predicted molar refractivity (Wildman–Crippen MR) is 77.0 cm³/mol. The molecule has 0 aliphatic carbocycles. The summed E-state index contributed by atoms with van der Waals surface area (Å²) in [4.78, 5) is 13.8. The number of hydrogen-bond donors (Lipinski definition) is 0. The van der Waals surface area contributed by atoms with Crippen molar-refractivity contribution in [1.29, 1.82) is 0 Å². The first kappa shape index (κ1) is 23.9. The second kappa shape index (κ2) is 7.04. The predicted octanol–water partition coefficient (Wildman–Crippen LogP) is 4.14. The van der Waals surface area contributed by atoms with E-state index in [2.05, 4.69) is 11.6 Å². The molecule has 1 rings (SSSR count). The zero-order valence-electron chi connectivity index (χ0n) is 13.6. The highest BCUT2D eigenvalue weighted by atomic mass is 32.2. The lowest BCUT2D eigenvalue weighted by Gasteiger charge is -2.33. The van der Waals surface area contributed by atoms with Crippen LogP contribution < -0.4 is 0 Å². The van der Waals surface area contributed by atoms with E-state index in [1.54, 1.807) is 0 Å². The first-order valence-electron chi connectivity index (χ1n) is 6.97. The van der Waals surface area contributed by atoms with Gasteiger partial charge in [-0.05, 0) is 12.1 Å². The zero-order chi connectivity index (χ0) is 22.3. The van der Waals surface area contributed by atoms with Crippen molar-refractivity contribution in [3.63, 3.8) is 0 Å². The number of rotatable bonds is 7. The molecule has 0 saturated heterocycles. The SMILES string of the molecule is C=C(C(=O)c1ccc(C(F)(F)C(F)(F)C(F)(F)C(F)(F)F)cn1)S(=O)(=O)CC. The van der Waals surface area contributed by atoms with Gasteiger partial charge in [0, 0.05) is 11.8 Å². The smallest absolute Gasteiger partial charge is 0.286 e. The lowest BCUT2D eigenvalue weighted by molar-refractivity contribution is -0.399. The Kier molecular flexibility index (Phi) is 6.02. The third-order valence-corrected chi connectivity index (χ3v) is 5.21. The number of allylic oxidation sites excluding steroid dienone is 1. The van der Waals surface area contributed by atoms with Crippen LogP contribution in [0.1, 0.15) is 23.0 Å². The summed E-state index contributed by atoms with van der Waals surface area (Å²) in [6.07, 6.45) is -7.21. The third-order valence-electron chi connectivity index (χ3n) is 3.51. The maximum atomic E-state index is 13.7.